The Bertz CT molecular complexity index is 1700. The number of nitrogens with zero attached hydrogens (tertiary/aromatic N) is 3. The third-order valence-corrected chi connectivity index (χ3v) is 7.40. The number of hydrogen-bond acceptors (Lipinski definition) is 7. The van der Waals surface area contributed by atoms with E-state index in [4.69, 9.17) is 0 Å². The van der Waals surface area contributed by atoms with Crippen molar-refractivity contribution in [2.45, 2.75) is 20.8 Å². The fraction of sp³-hybridized carbons (Fsp3) is 0.185. The quantitative estimate of drug-likeness (QED) is 0.247. The van der Waals surface area contributed by atoms with Gasteiger partial charge in [-0.15, -0.1) is 11.3 Å². The molecule has 3 heterocycles. The number of aryl methyl sites for hydroxylation is 3. The summed E-state index contributed by atoms with van der Waals surface area (Å²) in [5.74, 6) is -0.0779. The molecule has 37 heavy (non-hydrogen) atoms. The smallest absolute Gasteiger partial charge is 0.287 e. The first-order chi connectivity index (χ1) is 17.7. The van der Waals surface area contributed by atoms with Gasteiger partial charge in [0.25, 0.3) is 5.56 Å². The molecule has 0 bridgehead atoms. The van der Waals surface area contributed by atoms with Crippen LogP contribution in [0.25, 0.3) is 21.3 Å². The van der Waals surface area contributed by atoms with Crippen molar-refractivity contribution >= 4 is 44.4 Å². The van der Waals surface area contributed by atoms with E-state index in [-0.39, 0.29) is 23.7 Å². The van der Waals surface area contributed by atoms with Crippen LogP contribution in [0, 0.1) is 26.6 Å². The minimum atomic E-state index is -0.479. The molecular formula is C27H25FN6O2S. The second-order valence-electron chi connectivity index (χ2n) is 8.94. The summed E-state index contributed by atoms with van der Waals surface area (Å²) in [5.41, 5.74) is 3.75. The summed E-state index contributed by atoms with van der Waals surface area (Å²) in [6.07, 6.45) is 0. The van der Waals surface area contributed by atoms with E-state index in [1.807, 2.05) is 51.2 Å². The van der Waals surface area contributed by atoms with Gasteiger partial charge < -0.3 is 10.6 Å². The van der Waals surface area contributed by atoms with Crippen LogP contribution in [0.2, 0.25) is 0 Å². The van der Waals surface area contributed by atoms with Crippen molar-refractivity contribution in [1.29, 1.82) is 0 Å². The van der Waals surface area contributed by atoms with Crippen molar-refractivity contribution in [1.82, 2.24) is 20.0 Å². The number of fused-ring (bicyclic) bond motifs is 1. The second kappa shape index (κ2) is 9.62. The van der Waals surface area contributed by atoms with Crippen LogP contribution in [0.1, 0.15) is 26.5 Å². The second-order valence-corrected chi connectivity index (χ2v) is 10.0. The molecule has 5 rings (SSSR count). The number of nitrogens with one attached hydrogen (secondary N) is 3. The third kappa shape index (κ3) is 4.88. The molecule has 0 saturated carbocycles. The summed E-state index contributed by atoms with van der Waals surface area (Å²) in [5, 5.41) is 18.0. The molecule has 0 radical (unpaired) electrons. The summed E-state index contributed by atoms with van der Waals surface area (Å²) in [6.45, 7) is 5.60. The molecule has 0 fully saturated rings. The molecule has 0 amide bonds. The molecule has 3 N–H and O–H groups in total. The van der Waals surface area contributed by atoms with Gasteiger partial charge in [-0.2, -0.15) is 10.2 Å². The average molecular weight is 517 g/mol. The van der Waals surface area contributed by atoms with Crippen LogP contribution < -0.4 is 16.2 Å². The molecule has 0 aliphatic heterocycles. The summed E-state index contributed by atoms with van der Waals surface area (Å²) in [4.78, 5) is 25.9. The number of carbonyl (C=O) groups excluding carboxylic acids is 1. The van der Waals surface area contributed by atoms with E-state index in [0.717, 1.165) is 21.3 Å². The summed E-state index contributed by atoms with van der Waals surface area (Å²) in [6, 6.07) is 14.3. The van der Waals surface area contributed by atoms with Gasteiger partial charge in [0.1, 0.15) is 11.5 Å². The molecule has 3 aromatic heterocycles. The van der Waals surface area contributed by atoms with E-state index in [2.05, 4.69) is 25.9 Å². The first kappa shape index (κ1) is 24.4. The highest BCUT2D eigenvalue weighted by Crippen LogP contribution is 2.31. The van der Waals surface area contributed by atoms with Crippen LogP contribution in [-0.4, -0.2) is 32.3 Å². The van der Waals surface area contributed by atoms with Crippen LogP contribution in [0.15, 0.2) is 53.3 Å². The number of rotatable bonds is 7. The molecule has 0 aliphatic rings. The Morgan fingerprint density at radius 1 is 1.11 bits per heavy atom. The SMILES string of the molecule is Cc1ccc2sc(C(=O)CNc3c(F)ccc(-c4cc(Nc5cc(C)n(C)n5)c(=O)[nH]n4)c3C)cc2c1. The lowest BCUT2D eigenvalue weighted by atomic mass is 10.0. The molecule has 5 aromatic rings. The number of aromatic nitrogens is 4. The maximum Gasteiger partial charge on any atom is 0.287 e. The molecule has 2 aromatic carbocycles. The number of carbonyl (C=O) groups is 1. The Morgan fingerprint density at radius 2 is 1.92 bits per heavy atom. The molecular weight excluding hydrogens is 491 g/mol. The number of hydrogen-bond donors (Lipinski definition) is 3. The zero-order valence-electron chi connectivity index (χ0n) is 20.8. The Kier molecular flexibility index (Phi) is 6.34. The minimum absolute atomic E-state index is 0.0576. The number of aromatic amines is 1. The summed E-state index contributed by atoms with van der Waals surface area (Å²) in [7, 11) is 1.81. The number of Topliss-reactive ketones (excluding diaryl/α,β-unsaturated/α-hetero) is 1. The van der Waals surface area contributed by atoms with E-state index in [1.165, 1.54) is 17.4 Å². The molecule has 10 heteroatoms. The highest BCUT2D eigenvalue weighted by atomic mass is 32.1. The van der Waals surface area contributed by atoms with Gasteiger partial charge in [-0.05, 0) is 62.1 Å². The third-order valence-electron chi connectivity index (χ3n) is 6.24. The average Bonchev–Trinajstić information content (AvgIpc) is 3.42. The topological polar surface area (TPSA) is 105 Å². The summed E-state index contributed by atoms with van der Waals surface area (Å²) >= 11 is 1.42. The Balaban J connectivity index is 1.39. The normalized spacial score (nSPS) is 11.2. The van der Waals surface area contributed by atoms with Crippen LogP contribution in [0.5, 0.6) is 0 Å². The number of ketones is 1. The first-order valence-electron chi connectivity index (χ1n) is 11.6. The van der Waals surface area contributed by atoms with Crippen LogP contribution >= 0.6 is 11.3 Å². The molecule has 0 unspecified atom stereocenters. The van der Waals surface area contributed by atoms with Crippen molar-refractivity contribution in [3.8, 4) is 11.3 Å². The molecule has 8 nitrogen and oxygen atoms in total. The van der Waals surface area contributed by atoms with Gasteiger partial charge in [0.2, 0.25) is 0 Å². The molecule has 0 spiro atoms. The van der Waals surface area contributed by atoms with Crippen molar-refractivity contribution in [3.63, 3.8) is 0 Å². The molecule has 0 saturated heterocycles. The Labute approximate surface area is 216 Å². The number of H-pyrrole nitrogens is 1. The zero-order valence-corrected chi connectivity index (χ0v) is 21.6. The van der Waals surface area contributed by atoms with Crippen molar-refractivity contribution in [3.05, 3.63) is 86.4 Å². The fourth-order valence-corrected chi connectivity index (χ4v) is 5.11. The Hall–Kier alpha value is -4.31. The number of halogens is 1. The maximum atomic E-state index is 14.8. The van der Waals surface area contributed by atoms with Gasteiger partial charge in [-0.3, -0.25) is 14.3 Å². The largest absolute Gasteiger partial charge is 0.375 e. The van der Waals surface area contributed by atoms with Gasteiger partial charge in [-0.1, -0.05) is 17.7 Å². The predicted molar refractivity (Wildman–Crippen MR) is 146 cm³/mol. The minimum Gasteiger partial charge on any atom is -0.375 e. The van der Waals surface area contributed by atoms with Gasteiger partial charge in [0.05, 0.1) is 22.8 Å². The lowest BCUT2D eigenvalue weighted by Crippen LogP contribution is -2.16. The van der Waals surface area contributed by atoms with Gasteiger partial charge >= 0.3 is 0 Å². The molecule has 188 valence electrons. The van der Waals surface area contributed by atoms with Crippen LogP contribution in [0.3, 0.4) is 0 Å². The summed E-state index contributed by atoms with van der Waals surface area (Å²) < 4.78 is 17.5. The van der Waals surface area contributed by atoms with E-state index in [0.29, 0.717) is 27.5 Å². The highest BCUT2D eigenvalue weighted by molar-refractivity contribution is 7.20. The standard InChI is InChI=1S/C27H25FN6O2S/c1-14-5-8-23-17(9-14)11-24(37-23)22(35)13-29-26-16(3)18(6-7-19(26)28)20-12-21(27(36)32-31-20)30-25-10-15(2)34(4)33-25/h5-12,29H,13H2,1-4H3,(H,32,36)(H,30,31,33). The number of benzene rings is 2. The number of anilines is 3. The molecule has 0 atom stereocenters. The Morgan fingerprint density at radius 3 is 2.68 bits per heavy atom. The van der Waals surface area contributed by atoms with E-state index in [9.17, 15) is 14.0 Å². The lowest BCUT2D eigenvalue weighted by Gasteiger charge is -2.14. The van der Waals surface area contributed by atoms with Gasteiger partial charge in [0.15, 0.2) is 11.6 Å². The molecule has 0 aliphatic carbocycles. The zero-order chi connectivity index (χ0) is 26.3. The van der Waals surface area contributed by atoms with Crippen molar-refractivity contribution in [2.24, 2.45) is 7.05 Å². The van der Waals surface area contributed by atoms with Gasteiger partial charge in [-0.25, -0.2) is 9.49 Å². The highest BCUT2D eigenvalue weighted by Gasteiger charge is 2.17. The van der Waals surface area contributed by atoms with E-state index < -0.39 is 11.4 Å². The monoisotopic (exact) mass is 516 g/mol. The van der Waals surface area contributed by atoms with Crippen LogP contribution in [0.4, 0.5) is 21.6 Å². The van der Waals surface area contributed by atoms with Crippen LogP contribution in [-0.2, 0) is 7.05 Å². The van der Waals surface area contributed by atoms with Gasteiger partial charge in [0, 0.05) is 29.1 Å². The number of thiophene rings is 1. The van der Waals surface area contributed by atoms with Crippen molar-refractivity contribution in [2.75, 3.05) is 17.2 Å². The lowest BCUT2D eigenvalue weighted by molar-refractivity contribution is 0.101. The fourth-order valence-electron chi connectivity index (χ4n) is 4.13. The van der Waals surface area contributed by atoms with E-state index in [1.54, 1.807) is 23.7 Å². The first-order valence-corrected chi connectivity index (χ1v) is 12.5. The predicted octanol–water partition coefficient (Wildman–Crippen LogP) is 5.49. The van der Waals surface area contributed by atoms with Crippen molar-refractivity contribution < 1.29 is 9.18 Å². The maximum absolute atomic E-state index is 14.8. The van der Waals surface area contributed by atoms with E-state index >= 15 is 0 Å².